The Morgan fingerprint density at radius 2 is 1.07 bits per heavy atom. The number of nitrogens with zero attached hydrogens (tertiary/aromatic N) is 2. The van der Waals surface area contributed by atoms with E-state index in [0.29, 0.717) is 16.6 Å². The van der Waals surface area contributed by atoms with E-state index in [4.69, 9.17) is 17.3 Å². The average Bonchev–Trinajstić information content (AvgIpc) is 3.56. The van der Waals surface area contributed by atoms with Gasteiger partial charge in [0.05, 0.1) is 34.5 Å². The number of aromatic nitrogens is 2. The second-order valence-electron chi connectivity index (χ2n) is 9.43. The third kappa shape index (κ3) is 3.84. The molecule has 0 N–H and O–H groups in total. The van der Waals surface area contributed by atoms with Gasteiger partial charge >= 0.3 is 0 Å². The normalized spacial score (nSPS) is 15.9. The van der Waals surface area contributed by atoms with E-state index in [-0.39, 0.29) is 44.2 Å². The minimum Gasteiger partial charge on any atom is -0.291 e. The zero-order valence-electron chi connectivity index (χ0n) is 34.4. The van der Waals surface area contributed by atoms with Gasteiger partial charge < -0.3 is 0 Å². The fraction of sp³-hybridized carbons (Fsp3) is 0. The summed E-state index contributed by atoms with van der Waals surface area (Å²) in [4.78, 5) is 4.73. The van der Waals surface area contributed by atoms with Crippen LogP contribution in [0.4, 0.5) is 0 Å². The van der Waals surface area contributed by atoms with Gasteiger partial charge in [0, 0.05) is 16.3 Å². The summed E-state index contributed by atoms with van der Waals surface area (Å²) in [6, 6.07) is 15.8. The molecule has 7 aromatic carbocycles. The maximum Gasteiger partial charge on any atom is 0.145 e. The molecule has 0 aliphatic rings. The summed E-state index contributed by atoms with van der Waals surface area (Å²) in [6.45, 7) is 0. The molecule has 41 heavy (non-hydrogen) atoms. The molecule has 192 valence electrons. The molecule has 0 bridgehead atoms. The predicted molar refractivity (Wildman–Crippen MR) is 172 cm³/mol. The van der Waals surface area contributed by atoms with Crippen molar-refractivity contribution in [2.24, 2.45) is 0 Å². The minimum atomic E-state index is -0.628. The topological polar surface area (TPSA) is 17.8 Å². The quantitative estimate of drug-likeness (QED) is 0.205. The second-order valence-corrected chi connectivity index (χ2v) is 9.43. The third-order valence-electron chi connectivity index (χ3n) is 7.11. The van der Waals surface area contributed by atoms with Crippen LogP contribution in [0.2, 0.25) is 0 Å². The van der Waals surface area contributed by atoms with Gasteiger partial charge in [-0.3, -0.25) is 4.57 Å². The summed E-state index contributed by atoms with van der Waals surface area (Å²) in [5.74, 6) is -0.186. The first-order valence-electron chi connectivity index (χ1n) is 19.4. The van der Waals surface area contributed by atoms with Gasteiger partial charge in [-0.15, -0.1) is 0 Å². The van der Waals surface area contributed by atoms with Crippen LogP contribution in [0.5, 0.6) is 0 Å². The molecule has 8 aromatic rings. The van der Waals surface area contributed by atoms with Crippen LogP contribution < -0.4 is 0 Å². The van der Waals surface area contributed by atoms with Crippen molar-refractivity contribution in [2.75, 3.05) is 0 Å². The van der Waals surface area contributed by atoms with Gasteiger partial charge in [0.2, 0.25) is 0 Å². The second kappa shape index (κ2) is 9.62. The Morgan fingerprint density at radius 1 is 0.488 bits per heavy atom. The Morgan fingerprint density at radius 3 is 1.80 bits per heavy atom. The Hall–Kier alpha value is -5.47. The van der Waals surface area contributed by atoms with E-state index < -0.39 is 78.6 Å². The standard InChI is InChI=1S/C39H26N2/c1-3-14-27(15-4-1)29-18-13-19-30(26-29)37-31-20-7-9-22-33(31)38(34-23-10-8-21-32(34)37)41-36-25-12-11-24-35(36)40-39(41)28-16-5-2-6-17-28/h1-26H/i2D,5D,6D,7D,8D,9D,10D,16D,17D,20D,21D,22D,23D. The van der Waals surface area contributed by atoms with Gasteiger partial charge in [-0.2, -0.15) is 0 Å². The lowest BCUT2D eigenvalue weighted by molar-refractivity contribution is 1.13. The Balaban J connectivity index is 1.69. The van der Waals surface area contributed by atoms with E-state index in [1.807, 2.05) is 36.4 Å². The molecule has 1 aromatic heterocycles. The summed E-state index contributed by atoms with van der Waals surface area (Å²) in [5.41, 5.74) is 2.34. The summed E-state index contributed by atoms with van der Waals surface area (Å²) in [6.07, 6.45) is 0. The molecule has 0 spiro atoms. The number of imidazole rings is 1. The summed E-state index contributed by atoms with van der Waals surface area (Å²) in [7, 11) is 0. The van der Waals surface area contributed by atoms with E-state index >= 15 is 0 Å². The molecule has 1 heterocycles. The first kappa shape index (κ1) is 13.7. The molecule has 0 saturated heterocycles. The van der Waals surface area contributed by atoms with Crippen molar-refractivity contribution in [3.8, 4) is 39.3 Å². The van der Waals surface area contributed by atoms with Crippen LogP contribution in [0.3, 0.4) is 0 Å². The molecule has 0 unspecified atom stereocenters. The van der Waals surface area contributed by atoms with Crippen molar-refractivity contribution in [2.45, 2.75) is 0 Å². The van der Waals surface area contributed by atoms with E-state index in [0.717, 1.165) is 11.1 Å². The molecule has 2 nitrogen and oxygen atoms in total. The summed E-state index contributed by atoms with van der Waals surface area (Å²) >= 11 is 0. The molecule has 0 radical (unpaired) electrons. The molecule has 0 amide bonds. The van der Waals surface area contributed by atoms with Crippen molar-refractivity contribution in [3.63, 3.8) is 0 Å². The number of benzene rings is 7. The smallest absolute Gasteiger partial charge is 0.145 e. The van der Waals surface area contributed by atoms with Gasteiger partial charge in [-0.1, -0.05) is 139 Å². The number of hydrogen-bond donors (Lipinski definition) is 0. The molecular formula is C39H26N2. The zero-order chi connectivity index (χ0) is 38.5. The highest BCUT2D eigenvalue weighted by Crippen LogP contribution is 2.43. The SMILES string of the molecule is [2H]c1c([2H])c([2H])c(-c2nc3ccccc3n2-c2c3c([2H])c([2H])c([2H])c([2H])c3c(-c3cccc(-c4ccccc4)c3)c3c([2H])c([2H])c([2H])c([2H])c23)c([2H])c1[2H]. The molecule has 0 aliphatic carbocycles. The van der Waals surface area contributed by atoms with Crippen LogP contribution in [0.15, 0.2) is 157 Å². The first-order chi connectivity index (χ1) is 25.8. The maximum absolute atomic E-state index is 9.39. The monoisotopic (exact) mass is 535 g/mol. The van der Waals surface area contributed by atoms with Crippen molar-refractivity contribution in [1.82, 2.24) is 9.55 Å². The highest BCUT2D eigenvalue weighted by atomic mass is 15.1. The molecule has 8 rings (SSSR count). The van der Waals surface area contributed by atoms with Gasteiger partial charge in [-0.05, 0) is 51.2 Å². The largest absolute Gasteiger partial charge is 0.291 e. The van der Waals surface area contributed by atoms with Crippen LogP contribution in [0.1, 0.15) is 17.8 Å². The lowest BCUT2D eigenvalue weighted by Gasteiger charge is -2.20. The van der Waals surface area contributed by atoms with Gasteiger partial charge in [-0.25, -0.2) is 4.98 Å². The number of hydrogen-bond acceptors (Lipinski definition) is 1. The van der Waals surface area contributed by atoms with Gasteiger partial charge in [0.25, 0.3) is 0 Å². The van der Waals surface area contributed by atoms with Crippen molar-refractivity contribution >= 4 is 32.6 Å². The maximum atomic E-state index is 9.39. The fourth-order valence-corrected chi connectivity index (χ4v) is 5.38. The van der Waals surface area contributed by atoms with Crippen molar-refractivity contribution in [3.05, 3.63) is 157 Å². The van der Waals surface area contributed by atoms with E-state index in [1.165, 1.54) is 4.57 Å². The Labute approximate surface area is 257 Å². The number of rotatable bonds is 4. The van der Waals surface area contributed by atoms with Gasteiger partial charge in [0.1, 0.15) is 5.82 Å². The van der Waals surface area contributed by atoms with Crippen molar-refractivity contribution < 1.29 is 17.8 Å². The summed E-state index contributed by atoms with van der Waals surface area (Å²) in [5, 5.41) is -0.308. The van der Waals surface area contributed by atoms with Crippen LogP contribution >= 0.6 is 0 Å². The summed E-state index contributed by atoms with van der Waals surface area (Å²) < 4.78 is 117. The first-order valence-corrected chi connectivity index (χ1v) is 12.9. The molecule has 0 fully saturated rings. The van der Waals surface area contributed by atoms with E-state index in [9.17, 15) is 5.48 Å². The number of para-hydroxylation sites is 2. The minimum absolute atomic E-state index is 0.0384. The molecule has 0 aliphatic heterocycles. The van der Waals surface area contributed by atoms with Gasteiger partial charge in [0.15, 0.2) is 0 Å². The highest BCUT2D eigenvalue weighted by molar-refractivity contribution is 6.19. The zero-order valence-corrected chi connectivity index (χ0v) is 21.4. The Bertz CT molecular complexity index is 2810. The van der Waals surface area contributed by atoms with Crippen LogP contribution in [0, 0.1) is 0 Å². The number of fused-ring (bicyclic) bond motifs is 3. The van der Waals surface area contributed by atoms with E-state index in [1.54, 1.807) is 42.5 Å². The fourth-order valence-electron chi connectivity index (χ4n) is 5.38. The van der Waals surface area contributed by atoms with Crippen LogP contribution in [-0.2, 0) is 0 Å². The lowest BCUT2D eigenvalue weighted by Crippen LogP contribution is -2.01. The molecule has 2 heteroatoms. The predicted octanol–water partition coefficient (Wildman–Crippen LogP) is 10.3. The average molecular weight is 536 g/mol. The Kier molecular flexibility index (Phi) is 3.22. The highest BCUT2D eigenvalue weighted by Gasteiger charge is 2.21. The third-order valence-corrected chi connectivity index (χ3v) is 7.11. The van der Waals surface area contributed by atoms with Crippen LogP contribution in [-0.4, -0.2) is 9.55 Å². The molecular weight excluding hydrogens is 496 g/mol. The van der Waals surface area contributed by atoms with Crippen LogP contribution in [0.25, 0.3) is 71.9 Å². The lowest BCUT2D eigenvalue weighted by atomic mass is 9.89. The molecule has 0 atom stereocenters. The van der Waals surface area contributed by atoms with Crippen molar-refractivity contribution in [1.29, 1.82) is 0 Å². The van der Waals surface area contributed by atoms with E-state index in [2.05, 4.69) is 0 Å². The molecule has 0 saturated carbocycles.